The van der Waals surface area contributed by atoms with Gasteiger partial charge in [0, 0.05) is 10.9 Å². The molecule has 0 radical (unpaired) electrons. The summed E-state index contributed by atoms with van der Waals surface area (Å²) in [6.45, 7) is 0. The van der Waals surface area contributed by atoms with Gasteiger partial charge in [0.25, 0.3) is 15.9 Å². The van der Waals surface area contributed by atoms with Crippen LogP contribution in [-0.4, -0.2) is 19.3 Å². The number of nitriles is 1. The van der Waals surface area contributed by atoms with E-state index in [1.165, 1.54) is 24.3 Å². The van der Waals surface area contributed by atoms with Gasteiger partial charge in [0.05, 0.1) is 33.3 Å². The molecule has 0 fully saturated rings. The number of pyridine rings is 1. The van der Waals surface area contributed by atoms with Crippen LogP contribution in [0.25, 0.3) is 22.2 Å². The van der Waals surface area contributed by atoms with E-state index in [0.29, 0.717) is 22.2 Å². The molecule has 0 bridgehead atoms. The number of benzene rings is 3. The maximum atomic E-state index is 12.9. The van der Waals surface area contributed by atoms with Crippen LogP contribution in [0.1, 0.15) is 15.9 Å². The Morgan fingerprint density at radius 1 is 0.903 bits per heavy atom. The van der Waals surface area contributed by atoms with E-state index in [-0.39, 0.29) is 10.5 Å². The Morgan fingerprint density at radius 2 is 1.58 bits per heavy atom. The number of nitrogens with one attached hydrogen (secondary N) is 2. The van der Waals surface area contributed by atoms with Crippen LogP contribution >= 0.6 is 0 Å². The number of amides is 1. The van der Waals surface area contributed by atoms with Crippen molar-refractivity contribution in [2.45, 2.75) is 4.90 Å². The lowest BCUT2D eigenvalue weighted by molar-refractivity contribution is 0.0946. The molecule has 0 unspecified atom stereocenters. The number of carbonyl (C=O) groups is 1. The van der Waals surface area contributed by atoms with Crippen molar-refractivity contribution in [3.05, 3.63) is 96.1 Å². The molecule has 2 N–H and O–H groups in total. The molecular formula is C23H16N4O3S. The second-order valence-corrected chi connectivity index (χ2v) is 8.32. The van der Waals surface area contributed by atoms with Crippen LogP contribution in [0.3, 0.4) is 0 Å². The van der Waals surface area contributed by atoms with E-state index in [4.69, 9.17) is 5.26 Å². The van der Waals surface area contributed by atoms with E-state index in [2.05, 4.69) is 15.2 Å². The van der Waals surface area contributed by atoms with Crippen molar-refractivity contribution in [1.82, 2.24) is 15.2 Å². The Labute approximate surface area is 179 Å². The fourth-order valence-electron chi connectivity index (χ4n) is 3.07. The second kappa shape index (κ2) is 8.36. The minimum Gasteiger partial charge on any atom is -0.273 e. The summed E-state index contributed by atoms with van der Waals surface area (Å²) < 4.78 is 25.0. The average molecular weight is 428 g/mol. The Bertz CT molecular complexity index is 1410. The molecule has 152 valence electrons. The smallest absolute Gasteiger partial charge is 0.267 e. The topological polar surface area (TPSA) is 112 Å². The van der Waals surface area contributed by atoms with Gasteiger partial charge in [-0.15, -0.1) is 4.83 Å². The minimum absolute atomic E-state index is 0.0728. The zero-order valence-electron chi connectivity index (χ0n) is 16.1. The zero-order chi connectivity index (χ0) is 21.8. The summed E-state index contributed by atoms with van der Waals surface area (Å²) in [5, 5.41) is 9.44. The summed E-state index contributed by atoms with van der Waals surface area (Å²) in [6, 6.07) is 25.4. The summed E-state index contributed by atoms with van der Waals surface area (Å²) in [7, 11) is -4.01. The molecule has 1 amide bonds. The van der Waals surface area contributed by atoms with E-state index >= 15 is 0 Å². The molecule has 0 spiro atoms. The largest absolute Gasteiger partial charge is 0.273 e. The number of hydrazine groups is 1. The van der Waals surface area contributed by atoms with Crippen LogP contribution in [0.5, 0.6) is 0 Å². The van der Waals surface area contributed by atoms with Crippen molar-refractivity contribution < 1.29 is 13.2 Å². The third-order valence-electron chi connectivity index (χ3n) is 4.62. The van der Waals surface area contributed by atoms with Gasteiger partial charge >= 0.3 is 0 Å². The summed E-state index contributed by atoms with van der Waals surface area (Å²) in [6.07, 6.45) is 0. The van der Waals surface area contributed by atoms with Gasteiger partial charge in [-0.3, -0.25) is 10.2 Å². The first-order valence-electron chi connectivity index (χ1n) is 9.25. The summed E-state index contributed by atoms with van der Waals surface area (Å²) in [5.41, 5.74) is 4.93. The van der Waals surface area contributed by atoms with Crippen LogP contribution < -0.4 is 10.3 Å². The number of para-hydroxylation sites is 1. The molecule has 0 aliphatic rings. The first-order chi connectivity index (χ1) is 15.0. The average Bonchev–Trinajstić information content (AvgIpc) is 2.82. The van der Waals surface area contributed by atoms with Crippen molar-refractivity contribution >= 4 is 26.8 Å². The van der Waals surface area contributed by atoms with Crippen LogP contribution in [0.4, 0.5) is 0 Å². The predicted octanol–water partition coefficient (Wildman–Crippen LogP) is 3.40. The lowest BCUT2D eigenvalue weighted by Crippen LogP contribution is -2.41. The molecule has 0 aliphatic heterocycles. The molecular weight excluding hydrogens is 412 g/mol. The summed E-state index contributed by atoms with van der Waals surface area (Å²) in [5.74, 6) is -0.618. The summed E-state index contributed by atoms with van der Waals surface area (Å²) in [4.78, 5) is 19.6. The lowest BCUT2D eigenvalue weighted by atomic mass is 10.0. The van der Waals surface area contributed by atoms with E-state index in [1.807, 2.05) is 42.5 Å². The van der Waals surface area contributed by atoms with Crippen LogP contribution in [-0.2, 0) is 10.0 Å². The molecule has 1 heterocycles. The van der Waals surface area contributed by atoms with Crippen LogP contribution in [0.15, 0.2) is 89.8 Å². The van der Waals surface area contributed by atoms with E-state index in [9.17, 15) is 13.2 Å². The standard InChI is InChI=1S/C23H16N4O3S/c24-15-16-10-12-18(13-11-16)31(29,30)27-26-23(28)20-14-22(17-6-2-1-3-7-17)25-21-9-5-4-8-19(20)21/h1-14,27H,(H,26,28). The molecule has 8 heteroatoms. The van der Waals surface area contributed by atoms with Gasteiger partial charge in [-0.1, -0.05) is 48.5 Å². The number of hydrogen-bond donors (Lipinski definition) is 2. The quantitative estimate of drug-likeness (QED) is 0.473. The fraction of sp³-hybridized carbons (Fsp3) is 0. The number of rotatable bonds is 5. The third kappa shape index (κ3) is 4.28. The molecule has 7 nitrogen and oxygen atoms in total. The first kappa shape index (κ1) is 20.2. The van der Waals surface area contributed by atoms with Crippen molar-refractivity contribution in [2.24, 2.45) is 0 Å². The molecule has 31 heavy (non-hydrogen) atoms. The number of sulfonamides is 1. The lowest BCUT2D eigenvalue weighted by Gasteiger charge is -2.12. The molecule has 3 aromatic carbocycles. The SMILES string of the molecule is N#Cc1ccc(S(=O)(=O)NNC(=O)c2cc(-c3ccccc3)nc3ccccc23)cc1. The van der Waals surface area contributed by atoms with Gasteiger partial charge in [-0.25, -0.2) is 13.4 Å². The van der Waals surface area contributed by atoms with Crippen molar-refractivity contribution in [2.75, 3.05) is 0 Å². The van der Waals surface area contributed by atoms with Crippen molar-refractivity contribution in [3.8, 4) is 17.3 Å². The highest BCUT2D eigenvalue weighted by molar-refractivity contribution is 7.89. The van der Waals surface area contributed by atoms with Gasteiger partial charge in [0.15, 0.2) is 0 Å². The number of fused-ring (bicyclic) bond motifs is 1. The minimum atomic E-state index is -4.01. The number of hydrogen-bond acceptors (Lipinski definition) is 5. The summed E-state index contributed by atoms with van der Waals surface area (Å²) >= 11 is 0. The number of nitrogens with zero attached hydrogens (tertiary/aromatic N) is 2. The van der Waals surface area contributed by atoms with Crippen molar-refractivity contribution in [1.29, 1.82) is 5.26 Å². The van der Waals surface area contributed by atoms with Gasteiger partial charge in [0.2, 0.25) is 0 Å². The van der Waals surface area contributed by atoms with E-state index in [1.54, 1.807) is 24.3 Å². The first-order valence-corrected chi connectivity index (χ1v) is 10.7. The molecule has 0 aliphatic carbocycles. The molecule has 1 aromatic heterocycles. The number of aromatic nitrogens is 1. The van der Waals surface area contributed by atoms with E-state index in [0.717, 1.165) is 5.56 Å². The molecule has 4 aromatic rings. The van der Waals surface area contributed by atoms with Gasteiger partial charge in [-0.05, 0) is 36.4 Å². The number of carbonyl (C=O) groups excluding carboxylic acids is 1. The molecule has 0 saturated heterocycles. The molecule has 0 saturated carbocycles. The highest BCUT2D eigenvalue weighted by Crippen LogP contribution is 2.24. The zero-order valence-corrected chi connectivity index (χ0v) is 16.9. The Hall–Kier alpha value is -4.06. The maximum Gasteiger partial charge on any atom is 0.267 e. The Kier molecular flexibility index (Phi) is 5.45. The van der Waals surface area contributed by atoms with Gasteiger partial charge in [0.1, 0.15) is 0 Å². The van der Waals surface area contributed by atoms with Gasteiger partial charge < -0.3 is 0 Å². The third-order valence-corrected chi connectivity index (χ3v) is 5.89. The normalized spacial score (nSPS) is 11.1. The maximum absolute atomic E-state index is 12.9. The molecule has 0 atom stereocenters. The fourth-order valence-corrected chi connectivity index (χ4v) is 3.91. The van der Waals surface area contributed by atoms with E-state index < -0.39 is 15.9 Å². The Balaban J connectivity index is 1.65. The second-order valence-electron chi connectivity index (χ2n) is 6.63. The highest BCUT2D eigenvalue weighted by Gasteiger charge is 2.18. The van der Waals surface area contributed by atoms with Gasteiger partial charge in [-0.2, -0.15) is 5.26 Å². The monoisotopic (exact) mass is 428 g/mol. The highest BCUT2D eigenvalue weighted by atomic mass is 32.2. The molecule has 4 rings (SSSR count). The predicted molar refractivity (Wildman–Crippen MR) is 116 cm³/mol. The van der Waals surface area contributed by atoms with Crippen LogP contribution in [0, 0.1) is 11.3 Å². The van der Waals surface area contributed by atoms with Crippen LogP contribution in [0.2, 0.25) is 0 Å². The van der Waals surface area contributed by atoms with Crippen molar-refractivity contribution in [3.63, 3.8) is 0 Å². The Morgan fingerprint density at radius 3 is 2.29 bits per heavy atom.